The number of ether oxygens (including phenoxy) is 1. The molecule has 0 unspecified atom stereocenters. The molecule has 178 valence electrons. The van der Waals surface area contributed by atoms with Crippen molar-refractivity contribution in [2.75, 3.05) is 18.2 Å². The molecule has 5 rings (SSSR count). The summed E-state index contributed by atoms with van der Waals surface area (Å²) < 4.78 is 45.5. The third-order valence-electron chi connectivity index (χ3n) is 6.88. The molecule has 3 aromatic rings. The van der Waals surface area contributed by atoms with Crippen LogP contribution in [0.5, 0.6) is 5.75 Å². The second-order valence-corrected chi connectivity index (χ2v) is 11.6. The van der Waals surface area contributed by atoms with Gasteiger partial charge in [0.05, 0.1) is 36.5 Å². The van der Waals surface area contributed by atoms with Crippen molar-refractivity contribution in [2.45, 2.75) is 37.0 Å². The zero-order chi connectivity index (χ0) is 24.3. The van der Waals surface area contributed by atoms with Gasteiger partial charge in [-0.3, -0.25) is 5.41 Å². The number of fused-ring (bicyclic) bond motifs is 1. The minimum atomic E-state index is -3.72. The van der Waals surface area contributed by atoms with Gasteiger partial charge in [0, 0.05) is 17.1 Å². The molecule has 1 saturated heterocycles. The van der Waals surface area contributed by atoms with E-state index >= 15 is 0 Å². The van der Waals surface area contributed by atoms with E-state index < -0.39 is 26.1 Å². The molecule has 1 aliphatic carbocycles. The third kappa shape index (κ3) is 3.46. The van der Waals surface area contributed by atoms with Crippen molar-refractivity contribution in [3.05, 3.63) is 48.3 Å². The van der Waals surface area contributed by atoms with Crippen LogP contribution in [0.15, 0.2) is 36.8 Å². The molecule has 0 radical (unpaired) electrons. The average molecular weight is 485 g/mol. The average Bonchev–Trinajstić information content (AvgIpc) is 3.64. The summed E-state index contributed by atoms with van der Waals surface area (Å²) in [5, 5.41) is 15.4. The number of halogens is 1. The third-order valence-corrected chi connectivity index (χ3v) is 9.67. The lowest BCUT2D eigenvalue weighted by Crippen LogP contribution is -2.66. The van der Waals surface area contributed by atoms with Gasteiger partial charge in [-0.05, 0) is 50.8 Å². The van der Waals surface area contributed by atoms with E-state index in [0.29, 0.717) is 22.8 Å². The van der Waals surface area contributed by atoms with Gasteiger partial charge in [-0.2, -0.15) is 4.39 Å². The largest absolute Gasteiger partial charge is 0.495 e. The number of nitrogens with zero attached hydrogens (tertiary/aromatic N) is 3. The molecule has 1 aliphatic heterocycles. The van der Waals surface area contributed by atoms with Crippen molar-refractivity contribution >= 4 is 38.1 Å². The Kier molecular flexibility index (Phi) is 5.01. The van der Waals surface area contributed by atoms with Crippen LogP contribution in [0.2, 0.25) is 0 Å². The number of amidine groups is 1. The van der Waals surface area contributed by atoms with Gasteiger partial charge >= 0.3 is 0 Å². The minimum Gasteiger partial charge on any atom is -0.495 e. The predicted octanol–water partition coefficient (Wildman–Crippen LogP) is 3.30. The predicted molar refractivity (Wildman–Crippen MR) is 127 cm³/mol. The molecule has 0 amide bonds. The molecule has 0 spiro atoms. The van der Waals surface area contributed by atoms with Crippen molar-refractivity contribution < 1.29 is 17.5 Å². The van der Waals surface area contributed by atoms with E-state index in [4.69, 9.17) is 10.1 Å². The van der Waals surface area contributed by atoms with Gasteiger partial charge in [0.15, 0.2) is 15.7 Å². The van der Waals surface area contributed by atoms with Gasteiger partial charge < -0.3 is 15.4 Å². The lowest BCUT2D eigenvalue weighted by atomic mass is 9.92. The fourth-order valence-corrected chi connectivity index (χ4v) is 7.04. The molecular formula is C23H25FN6O3S. The maximum Gasteiger partial charge on any atom is 0.218 e. The van der Waals surface area contributed by atoms with Crippen LogP contribution < -0.4 is 15.4 Å². The van der Waals surface area contributed by atoms with Gasteiger partial charge in [-0.15, -0.1) is 0 Å². The molecule has 1 saturated carbocycles. The highest BCUT2D eigenvalue weighted by Crippen LogP contribution is 2.48. The first kappa shape index (κ1) is 22.5. The monoisotopic (exact) mass is 484 g/mol. The second-order valence-electron chi connectivity index (χ2n) is 9.27. The molecule has 11 heteroatoms. The highest BCUT2D eigenvalue weighted by atomic mass is 32.2. The van der Waals surface area contributed by atoms with Crippen LogP contribution in [0.3, 0.4) is 0 Å². The Balaban J connectivity index is 1.51. The summed E-state index contributed by atoms with van der Waals surface area (Å²) >= 11 is 0. The molecule has 3 N–H and O–H groups in total. The molecule has 0 aromatic carbocycles. The van der Waals surface area contributed by atoms with Crippen molar-refractivity contribution in [1.82, 2.24) is 20.3 Å². The van der Waals surface area contributed by atoms with Gasteiger partial charge in [0.2, 0.25) is 5.95 Å². The van der Waals surface area contributed by atoms with Crippen LogP contribution in [-0.2, 0) is 15.4 Å². The maximum absolute atomic E-state index is 14.9. The van der Waals surface area contributed by atoms with E-state index in [2.05, 4.69) is 25.6 Å². The molecule has 0 bridgehead atoms. The molecule has 2 atom stereocenters. The number of sulfone groups is 1. The highest BCUT2D eigenvalue weighted by Gasteiger charge is 2.60. The van der Waals surface area contributed by atoms with Gasteiger partial charge in [0.25, 0.3) is 0 Å². The number of rotatable bonds is 5. The van der Waals surface area contributed by atoms with E-state index in [9.17, 15) is 12.8 Å². The van der Waals surface area contributed by atoms with E-state index in [-0.39, 0.29) is 23.1 Å². The lowest BCUT2D eigenvalue weighted by Gasteiger charge is -2.45. The Hall–Kier alpha value is -3.34. The maximum atomic E-state index is 14.9. The minimum absolute atomic E-state index is 0.0542. The fraction of sp³-hybridized carbons (Fsp3) is 0.391. The van der Waals surface area contributed by atoms with Gasteiger partial charge in [0.1, 0.15) is 21.8 Å². The normalized spacial score (nSPS) is 26.2. The topological polar surface area (TPSA) is 130 Å². The smallest absolute Gasteiger partial charge is 0.218 e. The first-order chi connectivity index (χ1) is 16.1. The molecule has 9 nitrogen and oxygen atoms in total. The van der Waals surface area contributed by atoms with Gasteiger partial charge in [-0.1, -0.05) is 0 Å². The van der Waals surface area contributed by atoms with Gasteiger partial charge in [-0.25, -0.2) is 23.4 Å². The van der Waals surface area contributed by atoms with Crippen LogP contribution in [0.25, 0.3) is 10.9 Å². The zero-order valence-electron chi connectivity index (χ0n) is 19.0. The Morgan fingerprint density at radius 3 is 2.65 bits per heavy atom. The second kappa shape index (κ2) is 7.59. The summed E-state index contributed by atoms with van der Waals surface area (Å²) in [6, 6.07) is 5.12. The number of pyridine rings is 3. The number of nitrogens with one attached hydrogen (secondary N) is 3. The molecule has 2 aliphatic rings. The first-order valence-electron chi connectivity index (χ1n) is 10.9. The Morgan fingerprint density at radius 2 is 1.97 bits per heavy atom. The van der Waals surface area contributed by atoms with Crippen molar-refractivity contribution in [3.8, 4) is 5.75 Å². The standard InChI is InChI=1S/C23H25FN6O3S/c1-22(12-34(31,32)23(2,14-4-5-14)21(25)30-22)17-9-15(10-28-19(17)24)29-20-18-13(6-7-26-20)8-16(33-3)11-27-18/h6-11,14H,4-5,12H2,1-3H3,(H2,25,30)(H,26,29)/t22-,23-/m0/s1. The zero-order valence-corrected chi connectivity index (χ0v) is 19.8. The van der Waals surface area contributed by atoms with Crippen LogP contribution in [-0.4, -0.2) is 46.8 Å². The number of hydrogen-bond donors (Lipinski definition) is 3. The van der Waals surface area contributed by atoms with Crippen molar-refractivity contribution in [2.24, 2.45) is 5.92 Å². The Labute approximate surface area is 196 Å². The molecule has 4 heterocycles. The molecular weight excluding hydrogens is 459 g/mol. The summed E-state index contributed by atoms with van der Waals surface area (Å²) in [5.74, 6) is -0.286. The summed E-state index contributed by atoms with van der Waals surface area (Å²) in [6.45, 7) is 3.18. The SMILES string of the molecule is COc1cnc2c(Nc3cnc(F)c([C@]4(C)CS(=O)(=O)[C@@](C)(C5CC5)C(=N)N4)c3)nccc2c1. The number of anilines is 2. The van der Waals surface area contributed by atoms with E-state index in [0.717, 1.165) is 18.2 Å². The molecule has 2 fully saturated rings. The number of hydrogen-bond acceptors (Lipinski definition) is 8. The van der Waals surface area contributed by atoms with E-state index in [1.54, 1.807) is 39.4 Å². The summed E-state index contributed by atoms with van der Waals surface area (Å²) in [6.07, 6.45) is 6.03. The Bertz CT molecular complexity index is 1430. The summed E-state index contributed by atoms with van der Waals surface area (Å²) in [5.41, 5.74) is -0.299. The lowest BCUT2D eigenvalue weighted by molar-refractivity contribution is 0.405. The van der Waals surface area contributed by atoms with Crippen molar-refractivity contribution in [3.63, 3.8) is 0 Å². The summed E-state index contributed by atoms with van der Waals surface area (Å²) in [7, 11) is -2.17. The van der Waals surface area contributed by atoms with Crippen LogP contribution in [0, 0.1) is 17.3 Å². The highest BCUT2D eigenvalue weighted by molar-refractivity contribution is 7.93. The fourth-order valence-electron chi connectivity index (χ4n) is 4.64. The van der Waals surface area contributed by atoms with Crippen LogP contribution in [0.4, 0.5) is 15.9 Å². The molecule has 34 heavy (non-hydrogen) atoms. The van der Waals surface area contributed by atoms with E-state index in [1.807, 2.05) is 6.07 Å². The van der Waals surface area contributed by atoms with Crippen LogP contribution in [0.1, 0.15) is 32.3 Å². The van der Waals surface area contributed by atoms with Crippen LogP contribution >= 0.6 is 0 Å². The number of aromatic nitrogens is 3. The Morgan fingerprint density at radius 1 is 1.21 bits per heavy atom. The van der Waals surface area contributed by atoms with Crippen molar-refractivity contribution in [1.29, 1.82) is 5.41 Å². The van der Waals surface area contributed by atoms with E-state index in [1.165, 1.54) is 12.3 Å². The molecule has 3 aromatic heterocycles. The quantitative estimate of drug-likeness (QED) is 0.471. The summed E-state index contributed by atoms with van der Waals surface area (Å²) in [4.78, 5) is 12.6. The number of methoxy groups -OCH3 is 1. The first-order valence-corrected chi connectivity index (χ1v) is 12.5.